The summed E-state index contributed by atoms with van der Waals surface area (Å²) >= 11 is 0. The molecule has 8 heteroatoms. The summed E-state index contributed by atoms with van der Waals surface area (Å²) in [6, 6.07) is 14.5. The summed E-state index contributed by atoms with van der Waals surface area (Å²) in [5.41, 5.74) is 3.50. The van der Waals surface area contributed by atoms with E-state index in [1.807, 2.05) is 18.2 Å². The van der Waals surface area contributed by atoms with E-state index in [4.69, 9.17) is 19.2 Å². The van der Waals surface area contributed by atoms with Crippen LogP contribution in [0.3, 0.4) is 0 Å². The average Bonchev–Trinajstić information content (AvgIpc) is 3.07. The summed E-state index contributed by atoms with van der Waals surface area (Å²) in [7, 11) is 0. The summed E-state index contributed by atoms with van der Waals surface area (Å²) in [4.78, 5) is 7.33. The van der Waals surface area contributed by atoms with Gasteiger partial charge in [0.25, 0.3) is 0 Å². The van der Waals surface area contributed by atoms with Gasteiger partial charge in [0.15, 0.2) is 17.5 Å². The van der Waals surface area contributed by atoms with Gasteiger partial charge in [0.1, 0.15) is 0 Å². The molecule has 2 N–H and O–H groups in total. The highest BCUT2D eigenvalue weighted by molar-refractivity contribution is 14.0. The van der Waals surface area contributed by atoms with Crippen molar-refractivity contribution in [2.75, 3.05) is 51.4 Å². The Kier molecular flexibility index (Phi) is 10.6. The Hall–Kier alpha value is -2.04. The van der Waals surface area contributed by atoms with Crippen LogP contribution in [0.2, 0.25) is 0 Å². The van der Waals surface area contributed by atoms with Gasteiger partial charge in [-0.3, -0.25) is 4.90 Å². The molecule has 0 radical (unpaired) electrons. The predicted octanol–water partition coefficient (Wildman–Crippen LogP) is 4.27. The molecule has 4 rings (SSSR count). The number of fused-ring (bicyclic) bond motifs is 1. The molecule has 0 saturated carbocycles. The number of guanidine groups is 1. The summed E-state index contributed by atoms with van der Waals surface area (Å²) in [5.74, 6) is 2.34. The van der Waals surface area contributed by atoms with Gasteiger partial charge in [-0.1, -0.05) is 31.2 Å². The zero-order valence-electron chi connectivity index (χ0n) is 19.3. The molecule has 180 valence electrons. The van der Waals surface area contributed by atoms with Gasteiger partial charge < -0.3 is 24.8 Å². The minimum Gasteiger partial charge on any atom is -0.490 e. The van der Waals surface area contributed by atoms with Gasteiger partial charge in [-0.15, -0.1) is 24.0 Å². The van der Waals surface area contributed by atoms with Crippen molar-refractivity contribution >= 4 is 35.6 Å². The molecule has 33 heavy (non-hydrogen) atoms. The fourth-order valence-electron chi connectivity index (χ4n) is 3.79. The minimum atomic E-state index is 0. The lowest BCUT2D eigenvalue weighted by Gasteiger charge is -2.27. The van der Waals surface area contributed by atoms with Crippen LogP contribution in [0.15, 0.2) is 47.5 Å². The monoisotopic (exact) mass is 566 g/mol. The maximum atomic E-state index is 5.83. The van der Waals surface area contributed by atoms with Crippen LogP contribution in [0.4, 0.5) is 5.69 Å². The van der Waals surface area contributed by atoms with Crippen LogP contribution in [0.5, 0.6) is 11.5 Å². The maximum Gasteiger partial charge on any atom is 0.196 e. The van der Waals surface area contributed by atoms with Gasteiger partial charge in [0.2, 0.25) is 0 Å². The van der Waals surface area contributed by atoms with Crippen LogP contribution in [-0.2, 0) is 17.8 Å². The number of aliphatic imine (C=N–C) groups is 1. The minimum absolute atomic E-state index is 0. The molecule has 0 aromatic heterocycles. The number of benzene rings is 2. The first-order valence-corrected chi connectivity index (χ1v) is 11.6. The zero-order valence-corrected chi connectivity index (χ0v) is 21.7. The van der Waals surface area contributed by atoms with E-state index in [1.165, 1.54) is 11.1 Å². The fraction of sp³-hybridized carbons (Fsp3) is 0.480. The molecule has 1 saturated heterocycles. The zero-order chi connectivity index (χ0) is 22.0. The van der Waals surface area contributed by atoms with Crippen molar-refractivity contribution < 1.29 is 14.2 Å². The number of nitrogens with zero attached hydrogens (tertiary/aromatic N) is 2. The number of anilines is 1. The molecule has 2 aliphatic rings. The van der Waals surface area contributed by atoms with Crippen molar-refractivity contribution in [1.82, 2.24) is 10.2 Å². The van der Waals surface area contributed by atoms with Crippen LogP contribution in [0, 0.1) is 0 Å². The third kappa shape index (κ3) is 7.75. The van der Waals surface area contributed by atoms with Crippen molar-refractivity contribution in [3.05, 3.63) is 53.6 Å². The molecule has 0 bridgehead atoms. The second-order valence-electron chi connectivity index (χ2n) is 8.09. The van der Waals surface area contributed by atoms with E-state index in [2.05, 4.69) is 46.7 Å². The fourth-order valence-corrected chi connectivity index (χ4v) is 3.79. The van der Waals surface area contributed by atoms with Crippen molar-refractivity contribution in [2.24, 2.45) is 4.99 Å². The molecule has 0 amide bonds. The number of ether oxygens (including phenoxy) is 3. The van der Waals surface area contributed by atoms with Crippen LogP contribution >= 0.6 is 24.0 Å². The molecule has 2 aromatic carbocycles. The van der Waals surface area contributed by atoms with E-state index in [0.717, 1.165) is 75.4 Å². The standard InChI is InChI=1S/C25H34N4O3.HI/c1-2-10-26-25(28-22-8-9-23-24(17-22)32-14-5-13-31-23)27-18-20-6-3-4-7-21(20)19-29-11-15-30-16-12-29;/h3-4,6-9,17H,2,5,10-16,18-19H2,1H3,(H2,26,27,28);1H. The van der Waals surface area contributed by atoms with Gasteiger partial charge >= 0.3 is 0 Å². The molecule has 0 aliphatic carbocycles. The van der Waals surface area contributed by atoms with E-state index < -0.39 is 0 Å². The van der Waals surface area contributed by atoms with E-state index in [0.29, 0.717) is 19.8 Å². The largest absolute Gasteiger partial charge is 0.490 e. The third-order valence-electron chi connectivity index (χ3n) is 5.58. The number of morpholine rings is 1. The topological polar surface area (TPSA) is 67.4 Å². The van der Waals surface area contributed by atoms with E-state index in [9.17, 15) is 0 Å². The Balaban J connectivity index is 0.00000306. The van der Waals surface area contributed by atoms with Gasteiger partial charge in [0, 0.05) is 44.4 Å². The highest BCUT2D eigenvalue weighted by Gasteiger charge is 2.14. The molecule has 2 aliphatic heterocycles. The van der Waals surface area contributed by atoms with Crippen LogP contribution in [-0.4, -0.2) is 56.9 Å². The number of hydrogen-bond donors (Lipinski definition) is 2. The van der Waals surface area contributed by atoms with Gasteiger partial charge in [-0.05, 0) is 29.7 Å². The first-order chi connectivity index (χ1) is 15.8. The number of hydrogen-bond acceptors (Lipinski definition) is 5. The molecule has 1 fully saturated rings. The first kappa shape index (κ1) is 25.6. The predicted molar refractivity (Wildman–Crippen MR) is 143 cm³/mol. The lowest BCUT2D eigenvalue weighted by Crippen LogP contribution is -2.35. The number of halogens is 1. The Morgan fingerprint density at radius 1 is 0.970 bits per heavy atom. The Bertz CT molecular complexity index is 903. The van der Waals surface area contributed by atoms with Crippen LogP contribution in [0.1, 0.15) is 30.9 Å². The molecule has 7 nitrogen and oxygen atoms in total. The molecule has 0 unspecified atom stereocenters. The van der Waals surface area contributed by atoms with Crippen molar-refractivity contribution in [1.29, 1.82) is 0 Å². The molecular weight excluding hydrogens is 531 g/mol. The van der Waals surface area contributed by atoms with Gasteiger partial charge in [0.05, 0.1) is 33.0 Å². The van der Waals surface area contributed by atoms with E-state index >= 15 is 0 Å². The maximum absolute atomic E-state index is 5.83. The third-order valence-corrected chi connectivity index (χ3v) is 5.58. The summed E-state index contributed by atoms with van der Waals surface area (Å²) in [6.07, 6.45) is 1.92. The smallest absolute Gasteiger partial charge is 0.196 e. The number of rotatable bonds is 7. The molecule has 2 heterocycles. The SMILES string of the molecule is CCCNC(=NCc1ccccc1CN1CCOCC1)Nc1ccc2c(c1)OCCCO2.I. The normalized spacial score (nSPS) is 16.5. The van der Waals surface area contributed by atoms with Gasteiger partial charge in [-0.2, -0.15) is 0 Å². The quantitative estimate of drug-likeness (QED) is 0.297. The lowest BCUT2D eigenvalue weighted by atomic mass is 10.1. The highest BCUT2D eigenvalue weighted by Crippen LogP contribution is 2.32. The molecule has 0 atom stereocenters. The van der Waals surface area contributed by atoms with E-state index in [-0.39, 0.29) is 24.0 Å². The Morgan fingerprint density at radius 3 is 2.52 bits per heavy atom. The van der Waals surface area contributed by atoms with Crippen molar-refractivity contribution in [3.8, 4) is 11.5 Å². The Morgan fingerprint density at radius 2 is 1.73 bits per heavy atom. The lowest BCUT2D eigenvalue weighted by molar-refractivity contribution is 0.0341. The van der Waals surface area contributed by atoms with Crippen molar-refractivity contribution in [2.45, 2.75) is 32.9 Å². The molecule has 2 aromatic rings. The summed E-state index contributed by atoms with van der Waals surface area (Å²) < 4.78 is 17.1. The van der Waals surface area contributed by atoms with Gasteiger partial charge in [-0.25, -0.2) is 4.99 Å². The summed E-state index contributed by atoms with van der Waals surface area (Å²) in [6.45, 7) is 9.49. The second-order valence-corrected chi connectivity index (χ2v) is 8.09. The highest BCUT2D eigenvalue weighted by atomic mass is 127. The summed E-state index contributed by atoms with van der Waals surface area (Å²) in [5, 5.41) is 6.85. The van der Waals surface area contributed by atoms with Crippen molar-refractivity contribution in [3.63, 3.8) is 0 Å². The molecule has 0 spiro atoms. The average molecular weight is 566 g/mol. The van der Waals surface area contributed by atoms with E-state index in [1.54, 1.807) is 0 Å². The Labute approximate surface area is 213 Å². The molecular formula is C25H35IN4O3. The van der Waals surface area contributed by atoms with Crippen LogP contribution in [0.25, 0.3) is 0 Å². The number of nitrogens with one attached hydrogen (secondary N) is 2. The van der Waals surface area contributed by atoms with Crippen LogP contribution < -0.4 is 20.1 Å². The second kappa shape index (κ2) is 13.6. The first-order valence-electron chi connectivity index (χ1n) is 11.6.